The van der Waals surface area contributed by atoms with Crippen molar-refractivity contribution >= 4 is 14.1 Å². The third-order valence-electron chi connectivity index (χ3n) is 3.44. The first kappa shape index (κ1) is 12.7. The second-order valence-electron chi connectivity index (χ2n) is 5.75. The molecule has 0 aromatic heterocycles. The molecule has 0 amide bonds. The minimum Gasteiger partial charge on any atom is -0.407 e. The van der Waals surface area contributed by atoms with E-state index in [4.69, 9.17) is 4.43 Å². The van der Waals surface area contributed by atoms with Crippen LogP contribution in [0.3, 0.4) is 0 Å². The van der Waals surface area contributed by atoms with E-state index < -0.39 is 8.32 Å². The molecule has 1 atom stereocenters. The zero-order valence-corrected chi connectivity index (χ0v) is 11.5. The summed E-state index contributed by atoms with van der Waals surface area (Å²) in [6.45, 7) is 11.0. The van der Waals surface area contributed by atoms with Crippen molar-refractivity contribution in [2.75, 3.05) is 0 Å². The Kier molecular flexibility index (Phi) is 3.56. The second-order valence-corrected chi connectivity index (χ2v) is 10.5. The van der Waals surface area contributed by atoms with Crippen LogP contribution in [0, 0.1) is 0 Å². The Hall–Kier alpha value is -0.413. The molecule has 1 rings (SSSR count). The molecule has 0 aliphatic heterocycles. The molecule has 0 bridgehead atoms. The van der Waals surface area contributed by atoms with Gasteiger partial charge in [-0.1, -0.05) is 26.8 Å². The zero-order valence-electron chi connectivity index (χ0n) is 10.5. The van der Waals surface area contributed by atoms with E-state index in [1.807, 2.05) is 6.08 Å². The molecule has 0 saturated carbocycles. The van der Waals surface area contributed by atoms with E-state index in [-0.39, 0.29) is 16.9 Å². The number of carbonyl (C=O) groups is 1. The quantitative estimate of drug-likeness (QED) is 0.675. The molecule has 86 valence electrons. The van der Waals surface area contributed by atoms with Gasteiger partial charge in [-0.3, -0.25) is 4.79 Å². The highest BCUT2D eigenvalue weighted by molar-refractivity contribution is 6.74. The van der Waals surface area contributed by atoms with E-state index in [1.54, 1.807) is 6.08 Å². The molecule has 2 nitrogen and oxygen atoms in total. The largest absolute Gasteiger partial charge is 0.407 e. The normalized spacial score (nSPS) is 23.3. The molecule has 1 aliphatic rings. The molecule has 0 aromatic rings. The van der Waals surface area contributed by atoms with Crippen LogP contribution < -0.4 is 0 Å². The SMILES string of the molecule is CC(C)(C)[Si](C)(C)O[C@@H]1CCC=CC1=O. The van der Waals surface area contributed by atoms with Crippen LogP contribution in [-0.2, 0) is 9.22 Å². The van der Waals surface area contributed by atoms with E-state index >= 15 is 0 Å². The Morgan fingerprint density at radius 1 is 1.40 bits per heavy atom. The summed E-state index contributed by atoms with van der Waals surface area (Å²) >= 11 is 0. The lowest BCUT2D eigenvalue weighted by molar-refractivity contribution is -0.122. The lowest BCUT2D eigenvalue weighted by atomic mass is 10.0. The van der Waals surface area contributed by atoms with Gasteiger partial charge in [0.25, 0.3) is 0 Å². The molecule has 3 heteroatoms. The van der Waals surface area contributed by atoms with Crippen molar-refractivity contribution in [3.63, 3.8) is 0 Å². The molecule has 0 N–H and O–H groups in total. The average Bonchev–Trinajstić information content (AvgIpc) is 2.06. The van der Waals surface area contributed by atoms with Crippen LogP contribution in [0.2, 0.25) is 18.1 Å². The van der Waals surface area contributed by atoms with Crippen molar-refractivity contribution in [2.45, 2.75) is 57.8 Å². The molecular weight excluding hydrogens is 204 g/mol. The van der Waals surface area contributed by atoms with Crippen molar-refractivity contribution in [1.29, 1.82) is 0 Å². The highest BCUT2D eigenvalue weighted by Crippen LogP contribution is 2.38. The Balaban J connectivity index is 2.69. The molecule has 15 heavy (non-hydrogen) atoms. The summed E-state index contributed by atoms with van der Waals surface area (Å²) in [5.74, 6) is 0.145. The van der Waals surface area contributed by atoms with Crippen molar-refractivity contribution in [3.05, 3.63) is 12.2 Å². The number of rotatable bonds is 2. The van der Waals surface area contributed by atoms with Crippen molar-refractivity contribution in [3.8, 4) is 0 Å². The first-order valence-corrected chi connectivity index (χ1v) is 8.53. The number of allylic oxidation sites excluding steroid dienone is 1. The molecule has 1 aliphatic carbocycles. The molecule has 0 unspecified atom stereocenters. The fourth-order valence-electron chi connectivity index (χ4n) is 1.35. The Morgan fingerprint density at radius 3 is 2.47 bits per heavy atom. The molecule has 0 aromatic carbocycles. The van der Waals surface area contributed by atoms with Crippen LogP contribution in [0.4, 0.5) is 0 Å². The lowest BCUT2D eigenvalue weighted by Gasteiger charge is -2.39. The third-order valence-corrected chi connectivity index (χ3v) is 7.92. The van der Waals surface area contributed by atoms with Gasteiger partial charge in [-0.25, -0.2) is 0 Å². The maximum absolute atomic E-state index is 11.6. The van der Waals surface area contributed by atoms with E-state index in [9.17, 15) is 4.79 Å². The van der Waals surface area contributed by atoms with Crippen molar-refractivity contribution in [1.82, 2.24) is 0 Å². The van der Waals surface area contributed by atoms with Crippen LogP contribution in [0.1, 0.15) is 33.6 Å². The number of ketones is 1. The standard InChI is InChI=1S/C12H22O2Si/c1-12(2,3)15(4,5)14-11-9-7-6-8-10(11)13/h6,8,11H,7,9H2,1-5H3/t11-/m1/s1. The zero-order chi connectivity index (χ0) is 11.7. The molecule has 0 radical (unpaired) electrons. The molecule has 0 heterocycles. The Bertz CT molecular complexity index is 274. The van der Waals surface area contributed by atoms with Gasteiger partial charge in [0.2, 0.25) is 0 Å². The van der Waals surface area contributed by atoms with Crippen LogP contribution in [0.25, 0.3) is 0 Å². The Labute approximate surface area is 93.8 Å². The van der Waals surface area contributed by atoms with Gasteiger partial charge in [0.15, 0.2) is 14.1 Å². The highest BCUT2D eigenvalue weighted by Gasteiger charge is 2.40. The van der Waals surface area contributed by atoms with E-state index in [2.05, 4.69) is 33.9 Å². The first-order chi connectivity index (χ1) is 6.74. The van der Waals surface area contributed by atoms with Crippen molar-refractivity contribution in [2.24, 2.45) is 0 Å². The second kappa shape index (κ2) is 4.22. The Morgan fingerprint density at radius 2 is 2.00 bits per heavy atom. The van der Waals surface area contributed by atoms with Crippen molar-refractivity contribution < 1.29 is 9.22 Å². The molecule has 0 saturated heterocycles. The van der Waals surface area contributed by atoms with Gasteiger partial charge in [0.05, 0.1) is 0 Å². The minimum atomic E-state index is -1.79. The number of hydrogen-bond donors (Lipinski definition) is 0. The van der Waals surface area contributed by atoms with Crippen LogP contribution >= 0.6 is 0 Å². The number of carbonyl (C=O) groups excluding carboxylic acids is 1. The summed E-state index contributed by atoms with van der Waals surface area (Å²) in [6, 6.07) is 0. The van der Waals surface area contributed by atoms with Gasteiger partial charge in [-0.2, -0.15) is 0 Å². The predicted molar refractivity (Wildman–Crippen MR) is 65.5 cm³/mol. The molecule has 0 spiro atoms. The van der Waals surface area contributed by atoms with Gasteiger partial charge in [0.1, 0.15) is 6.10 Å². The summed E-state index contributed by atoms with van der Waals surface area (Å²) in [5.41, 5.74) is 0. The molecular formula is C12H22O2Si. The van der Waals surface area contributed by atoms with Gasteiger partial charge in [0, 0.05) is 0 Å². The van der Waals surface area contributed by atoms with Gasteiger partial charge >= 0.3 is 0 Å². The van der Waals surface area contributed by atoms with E-state index in [0.717, 1.165) is 12.8 Å². The maximum Gasteiger partial charge on any atom is 0.193 e. The van der Waals surface area contributed by atoms with Crippen LogP contribution in [0.15, 0.2) is 12.2 Å². The minimum absolute atomic E-state index is 0.145. The average molecular weight is 226 g/mol. The van der Waals surface area contributed by atoms with E-state index in [0.29, 0.717) is 0 Å². The first-order valence-electron chi connectivity index (χ1n) is 5.62. The smallest absolute Gasteiger partial charge is 0.193 e. The maximum atomic E-state index is 11.6. The lowest BCUT2D eigenvalue weighted by Crippen LogP contribution is -2.46. The van der Waals surface area contributed by atoms with Crippen LogP contribution in [-0.4, -0.2) is 20.2 Å². The summed E-state index contributed by atoms with van der Waals surface area (Å²) in [6.07, 6.45) is 5.23. The monoisotopic (exact) mass is 226 g/mol. The van der Waals surface area contributed by atoms with Gasteiger partial charge in [-0.15, -0.1) is 0 Å². The molecule has 0 fully saturated rings. The summed E-state index contributed by atoms with van der Waals surface area (Å²) in [4.78, 5) is 11.6. The highest BCUT2D eigenvalue weighted by atomic mass is 28.4. The fraction of sp³-hybridized carbons (Fsp3) is 0.750. The van der Waals surface area contributed by atoms with E-state index in [1.165, 1.54) is 0 Å². The summed E-state index contributed by atoms with van der Waals surface area (Å²) in [5, 5.41) is 0.175. The van der Waals surface area contributed by atoms with Crippen LogP contribution in [0.5, 0.6) is 0 Å². The van der Waals surface area contributed by atoms with Gasteiger partial charge < -0.3 is 4.43 Å². The topological polar surface area (TPSA) is 26.3 Å². The third kappa shape index (κ3) is 3.02. The summed E-state index contributed by atoms with van der Waals surface area (Å²) in [7, 11) is -1.79. The van der Waals surface area contributed by atoms with Gasteiger partial charge in [-0.05, 0) is 37.0 Å². The number of hydrogen-bond acceptors (Lipinski definition) is 2. The summed E-state index contributed by atoms with van der Waals surface area (Å²) < 4.78 is 6.09. The predicted octanol–water partition coefficient (Wildman–Crippen LogP) is 3.30. The fourth-order valence-corrected chi connectivity index (χ4v) is 2.64.